The number of carbonyl (C=O) groups excluding carboxylic acids is 1. The highest BCUT2D eigenvalue weighted by Crippen LogP contribution is 2.42. The second-order valence-corrected chi connectivity index (χ2v) is 8.62. The van der Waals surface area contributed by atoms with E-state index in [9.17, 15) is 4.79 Å². The number of hydrogen-bond acceptors (Lipinski definition) is 3. The Balaban J connectivity index is 1.57. The SMILES string of the molecule is CCN(C)C(=O)[C@@H]1C=C2c3cccc4[nH]cc(c34)CC2N(Cc2cccc(OC)c2)C1. The summed E-state index contributed by atoms with van der Waals surface area (Å²) >= 11 is 0. The van der Waals surface area contributed by atoms with Crippen LogP contribution >= 0.6 is 0 Å². The van der Waals surface area contributed by atoms with Crippen molar-refractivity contribution in [1.82, 2.24) is 14.8 Å². The van der Waals surface area contributed by atoms with E-state index in [1.54, 1.807) is 7.11 Å². The standard InChI is InChI=1S/C26H29N3O2/c1-4-28(2)26(30)19-12-22-21-9-6-10-23-25(21)18(14-27-23)13-24(22)29(16-19)15-17-7-5-8-20(11-17)31-3/h5-12,14,19,24,27H,4,13,15-16H2,1-3H3/t19-,24?/m1/s1. The van der Waals surface area contributed by atoms with Crippen molar-refractivity contribution in [3.8, 4) is 5.75 Å². The molecule has 1 aromatic heterocycles. The first-order chi connectivity index (χ1) is 15.1. The number of carbonyl (C=O) groups is 1. The minimum atomic E-state index is -0.141. The maximum Gasteiger partial charge on any atom is 0.230 e. The molecule has 1 aliphatic heterocycles. The number of aromatic nitrogens is 1. The van der Waals surface area contributed by atoms with Crippen molar-refractivity contribution in [1.29, 1.82) is 0 Å². The molecule has 0 fully saturated rings. The fraction of sp³-hybridized carbons (Fsp3) is 0.346. The third kappa shape index (κ3) is 3.43. The predicted molar refractivity (Wildman–Crippen MR) is 124 cm³/mol. The average Bonchev–Trinajstić information content (AvgIpc) is 3.22. The first-order valence-corrected chi connectivity index (χ1v) is 11.0. The Labute approximate surface area is 183 Å². The van der Waals surface area contributed by atoms with Gasteiger partial charge in [-0.1, -0.05) is 30.3 Å². The number of aromatic amines is 1. The molecule has 31 heavy (non-hydrogen) atoms. The molecule has 5 nitrogen and oxygen atoms in total. The van der Waals surface area contributed by atoms with E-state index in [2.05, 4.69) is 52.5 Å². The molecule has 2 atom stereocenters. The minimum Gasteiger partial charge on any atom is -0.497 e. The number of amides is 1. The van der Waals surface area contributed by atoms with Crippen LogP contribution in [-0.2, 0) is 17.8 Å². The molecule has 1 unspecified atom stereocenters. The molecular weight excluding hydrogens is 386 g/mol. The quantitative estimate of drug-likeness (QED) is 0.683. The number of fused-ring (bicyclic) bond motifs is 2. The number of ether oxygens (including phenoxy) is 1. The van der Waals surface area contributed by atoms with Crippen LogP contribution in [0.4, 0.5) is 0 Å². The number of nitrogens with one attached hydrogen (secondary N) is 1. The molecule has 0 saturated carbocycles. The Bertz CT molecular complexity index is 1160. The van der Waals surface area contributed by atoms with Gasteiger partial charge in [0.25, 0.3) is 0 Å². The summed E-state index contributed by atoms with van der Waals surface area (Å²) in [6.07, 6.45) is 5.35. The van der Waals surface area contributed by atoms with Crippen LogP contribution in [0.2, 0.25) is 0 Å². The summed E-state index contributed by atoms with van der Waals surface area (Å²) in [6, 6.07) is 15.0. The molecule has 160 valence electrons. The van der Waals surface area contributed by atoms with Crippen LogP contribution in [0.3, 0.4) is 0 Å². The maximum atomic E-state index is 13.2. The number of hydrogen-bond donors (Lipinski definition) is 1. The summed E-state index contributed by atoms with van der Waals surface area (Å²) in [4.78, 5) is 20.9. The lowest BCUT2D eigenvalue weighted by atomic mass is 9.79. The van der Waals surface area contributed by atoms with Crippen molar-refractivity contribution in [3.63, 3.8) is 0 Å². The monoisotopic (exact) mass is 415 g/mol. The number of methoxy groups -OCH3 is 1. The van der Waals surface area contributed by atoms with E-state index in [1.165, 1.54) is 33.2 Å². The molecule has 2 aliphatic rings. The van der Waals surface area contributed by atoms with Gasteiger partial charge >= 0.3 is 0 Å². The molecule has 1 N–H and O–H groups in total. The molecule has 0 bridgehead atoms. The predicted octanol–water partition coefficient (Wildman–Crippen LogP) is 4.09. The van der Waals surface area contributed by atoms with Gasteiger partial charge in [-0.05, 0) is 53.8 Å². The lowest BCUT2D eigenvalue weighted by molar-refractivity contribution is -0.133. The highest BCUT2D eigenvalue weighted by molar-refractivity contribution is 5.99. The first kappa shape index (κ1) is 19.9. The summed E-state index contributed by atoms with van der Waals surface area (Å²) in [6.45, 7) is 4.26. The van der Waals surface area contributed by atoms with Crippen LogP contribution in [0.25, 0.3) is 16.5 Å². The summed E-state index contributed by atoms with van der Waals surface area (Å²) in [7, 11) is 3.59. The van der Waals surface area contributed by atoms with Gasteiger partial charge in [-0.3, -0.25) is 9.69 Å². The molecule has 5 rings (SSSR count). The smallest absolute Gasteiger partial charge is 0.230 e. The normalized spacial score (nSPS) is 20.3. The fourth-order valence-corrected chi connectivity index (χ4v) is 5.10. The second-order valence-electron chi connectivity index (χ2n) is 8.62. The van der Waals surface area contributed by atoms with E-state index in [0.717, 1.165) is 31.8 Å². The average molecular weight is 416 g/mol. The minimum absolute atomic E-state index is 0.141. The number of H-pyrrole nitrogens is 1. The zero-order chi connectivity index (χ0) is 21.5. The zero-order valence-corrected chi connectivity index (χ0v) is 18.4. The summed E-state index contributed by atoms with van der Waals surface area (Å²) < 4.78 is 5.44. The van der Waals surface area contributed by atoms with Gasteiger partial charge in [-0.2, -0.15) is 0 Å². The Morgan fingerprint density at radius 1 is 1.26 bits per heavy atom. The van der Waals surface area contributed by atoms with E-state index in [4.69, 9.17) is 4.74 Å². The van der Waals surface area contributed by atoms with E-state index in [1.807, 2.05) is 31.0 Å². The Morgan fingerprint density at radius 3 is 2.90 bits per heavy atom. The van der Waals surface area contributed by atoms with Gasteiger partial charge in [0.05, 0.1) is 13.0 Å². The zero-order valence-electron chi connectivity index (χ0n) is 18.4. The number of benzene rings is 2. The van der Waals surface area contributed by atoms with Crippen molar-refractivity contribution in [2.24, 2.45) is 5.92 Å². The van der Waals surface area contributed by atoms with Crippen LogP contribution in [0, 0.1) is 5.92 Å². The van der Waals surface area contributed by atoms with Gasteiger partial charge in [-0.25, -0.2) is 0 Å². The van der Waals surface area contributed by atoms with Crippen LogP contribution in [0.15, 0.2) is 54.7 Å². The summed E-state index contributed by atoms with van der Waals surface area (Å²) in [5.41, 5.74) is 6.28. The van der Waals surface area contributed by atoms with E-state index < -0.39 is 0 Å². The Morgan fingerprint density at radius 2 is 2.10 bits per heavy atom. The highest BCUT2D eigenvalue weighted by Gasteiger charge is 2.37. The Hall–Kier alpha value is -3.05. The number of nitrogens with zero attached hydrogens (tertiary/aromatic N) is 2. The van der Waals surface area contributed by atoms with E-state index >= 15 is 0 Å². The van der Waals surface area contributed by atoms with Crippen molar-refractivity contribution in [2.45, 2.75) is 25.9 Å². The van der Waals surface area contributed by atoms with Crippen molar-refractivity contribution >= 4 is 22.4 Å². The van der Waals surface area contributed by atoms with E-state index in [0.29, 0.717) is 0 Å². The molecule has 2 heterocycles. The molecule has 2 aromatic carbocycles. The fourth-order valence-electron chi connectivity index (χ4n) is 5.10. The van der Waals surface area contributed by atoms with Crippen LogP contribution < -0.4 is 4.74 Å². The molecular formula is C26H29N3O2. The van der Waals surface area contributed by atoms with Crippen LogP contribution in [0.5, 0.6) is 5.75 Å². The highest BCUT2D eigenvalue weighted by atomic mass is 16.5. The maximum absolute atomic E-state index is 13.2. The van der Waals surface area contributed by atoms with Gasteiger partial charge in [0.2, 0.25) is 5.91 Å². The van der Waals surface area contributed by atoms with Gasteiger partial charge in [0.15, 0.2) is 0 Å². The second kappa shape index (κ2) is 7.89. The number of rotatable bonds is 5. The van der Waals surface area contributed by atoms with Crippen molar-refractivity contribution in [2.75, 3.05) is 27.2 Å². The van der Waals surface area contributed by atoms with Gasteiger partial charge in [-0.15, -0.1) is 0 Å². The van der Waals surface area contributed by atoms with Gasteiger partial charge in [0, 0.05) is 49.8 Å². The topological polar surface area (TPSA) is 48.6 Å². The lowest BCUT2D eigenvalue weighted by Crippen LogP contribution is -2.48. The summed E-state index contributed by atoms with van der Waals surface area (Å²) in [5.74, 6) is 0.915. The summed E-state index contributed by atoms with van der Waals surface area (Å²) in [5, 5.41) is 1.31. The van der Waals surface area contributed by atoms with Gasteiger partial charge < -0.3 is 14.6 Å². The first-order valence-electron chi connectivity index (χ1n) is 11.0. The molecule has 0 radical (unpaired) electrons. The molecule has 1 aliphatic carbocycles. The van der Waals surface area contributed by atoms with Crippen molar-refractivity contribution < 1.29 is 9.53 Å². The third-order valence-electron chi connectivity index (χ3n) is 6.81. The third-order valence-corrected chi connectivity index (χ3v) is 6.81. The van der Waals surface area contributed by atoms with Crippen LogP contribution in [-0.4, -0.2) is 54.0 Å². The van der Waals surface area contributed by atoms with Gasteiger partial charge in [0.1, 0.15) is 5.75 Å². The molecule has 1 amide bonds. The molecule has 5 heteroatoms. The largest absolute Gasteiger partial charge is 0.497 e. The molecule has 0 saturated heterocycles. The van der Waals surface area contributed by atoms with E-state index in [-0.39, 0.29) is 17.9 Å². The Kier molecular flexibility index (Phi) is 5.06. The van der Waals surface area contributed by atoms with Crippen molar-refractivity contribution in [3.05, 3.63) is 71.4 Å². The molecule has 0 spiro atoms. The lowest BCUT2D eigenvalue weighted by Gasteiger charge is -2.42. The molecule has 3 aromatic rings. The van der Waals surface area contributed by atoms with Crippen LogP contribution in [0.1, 0.15) is 23.6 Å².